The maximum atomic E-state index is 13.3. The molecule has 2 saturated heterocycles. The van der Waals surface area contributed by atoms with Crippen molar-refractivity contribution in [2.45, 2.75) is 24.9 Å². The highest BCUT2D eigenvalue weighted by Crippen LogP contribution is 2.29. The first kappa shape index (κ1) is 17.1. The number of morpholine rings is 1. The topological polar surface area (TPSA) is 58.8 Å². The van der Waals surface area contributed by atoms with Gasteiger partial charge in [0.2, 0.25) is 0 Å². The number of fused-ring (bicyclic) bond motifs is 1. The zero-order valence-corrected chi connectivity index (χ0v) is 14.0. The number of anilines is 1. The number of hydrogen-bond acceptors (Lipinski definition) is 5. The molecule has 0 radical (unpaired) electrons. The Hall–Kier alpha value is -2.29. The molecule has 0 N–H and O–H groups in total. The van der Waals surface area contributed by atoms with Gasteiger partial charge in [-0.2, -0.15) is 4.98 Å². The van der Waals surface area contributed by atoms with Crippen molar-refractivity contribution in [2.24, 2.45) is 0 Å². The third-order valence-electron chi connectivity index (χ3n) is 4.76. The summed E-state index contributed by atoms with van der Waals surface area (Å²) in [5.41, 5.74) is 0.849. The van der Waals surface area contributed by atoms with E-state index in [4.69, 9.17) is 9.15 Å². The Bertz CT molecular complexity index is 816. The molecule has 1 aromatic heterocycles. The lowest BCUT2D eigenvalue weighted by Crippen LogP contribution is -2.53. The van der Waals surface area contributed by atoms with E-state index in [0.29, 0.717) is 17.6 Å². The Morgan fingerprint density at radius 3 is 2.77 bits per heavy atom. The number of alkyl halides is 2. The van der Waals surface area contributed by atoms with Gasteiger partial charge in [0.15, 0.2) is 11.7 Å². The van der Waals surface area contributed by atoms with Gasteiger partial charge >= 0.3 is 0 Å². The van der Waals surface area contributed by atoms with E-state index in [-0.39, 0.29) is 51.0 Å². The molecule has 1 atom stereocenters. The van der Waals surface area contributed by atoms with Crippen molar-refractivity contribution in [3.8, 4) is 0 Å². The summed E-state index contributed by atoms with van der Waals surface area (Å²) in [5.74, 6) is -3.42. The monoisotopic (exact) mass is 369 g/mol. The second kappa shape index (κ2) is 6.46. The molecule has 1 amide bonds. The van der Waals surface area contributed by atoms with E-state index >= 15 is 0 Å². The molecule has 2 aliphatic rings. The van der Waals surface area contributed by atoms with Crippen molar-refractivity contribution in [3.63, 3.8) is 0 Å². The first-order valence-electron chi connectivity index (χ1n) is 8.51. The van der Waals surface area contributed by atoms with E-state index in [1.165, 1.54) is 23.1 Å². The fourth-order valence-corrected chi connectivity index (χ4v) is 3.25. The summed E-state index contributed by atoms with van der Waals surface area (Å²) in [7, 11) is 0. The van der Waals surface area contributed by atoms with E-state index in [9.17, 15) is 18.0 Å². The number of nitrogens with zero attached hydrogens (tertiary/aromatic N) is 3. The molecule has 26 heavy (non-hydrogen) atoms. The first-order chi connectivity index (χ1) is 12.4. The van der Waals surface area contributed by atoms with E-state index in [1.54, 1.807) is 4.90 Å². The van der Waals surface area contributed by atoms with Crippen LogP contribution in [0.4, 0.5) is 19.2 Å². The second-order valence-corrected chi connectivity index (χ2v) is 6.60. The lowest BCUT2D eigenvalue weighted by molar-refractivity contribution is -0.150. The van der Waals surface area contributed by atoms with Crippen LogP contribution in [0.2, 0.25) is 0 Å². The molecule has 0 bridgehead atoms. The van der Waals surface area contributed by atoms with Crippen LogP contribution in [0.1, 0.15) is 12.8 Å². The molecular weight excluding hydrogens is 351 g/mol. The van der Waals surface area contributed by atoms with Crippen LogP contribution in [-0.4, -0.2) is 60.6 Å². The Labute approximate surface area is 147 Å². The number of benzene rings is 1. The number of carbonyl (C=O) groups excluding carboxylic acids is 1. The predicted molar refractivity (Wildman–Crippen MR) is 86.7 cm³/mol. The van der Waals surface area contributed by atoms with Crippen molar-refractivity contribution in [1.29, 1.82) is 0 Å². The van der Waals surface area contributed by atoms with Crippen molar-refractivity contribution < 1.29 is 27.1 Å². The third kappa shape index (κ3) is 3.35. The van der Waals surface area contributed by atoms with Crippen molar-refractivity contribution in [3.05, 3.63) is 24.0 Å². The van der Waals surface area contributed by atoms with Gasteiger partial charge in [0.05, 0.1) is 13.2 Å². The number of carbonyl (C=O) groups is 1. The number of ether oxygens (including phenoxy) is 1. The maximum Gasteiger partial charge on any atom is 0.298 e. The van der Waals surface area contributed by atoms with Crippen LogP contribution in [0.3, 0.4) is 0 Å². The van der Waals surface area contributed by atoms with Gasteiger partial charge in [-0.15, -0.1) is 0 Å². The average molecular weight is 369 g/mol. The largest absolute Gasteiger partial charge is 0.423 e. The van der Waals surface area contributed by atoms with Gasteiger partial charge in [-0.05, 0) is 12.1 Å². The summed E-state index contributed by atoms with van der Waals surface area (Å²) in [6.07, 6.45) is -1.42. The summed E-state index contributed by atoms with van der Waals surface area (Å²) in [6, 6.07) is 4.36. The number of rotatable bonds is 2. The number of oxazole rings is 1. The van der Waals surface area contributed by atoms with E-state index in [0.717, 1.165) is 0 Å². The van der Waals surface area contributed by atoms with Crippen LogP contribution in [0.25, 0.3) is 11.1 Å². The number of piperidine rings is 1. The Balaban J connectivity index is 1.45. The molecular formula is C17H18F3N3O3. The van der Waals surface area contributed by atoms with E-state index in [1.807, 2.05) is 0 Å². The highest BCUT2D eigenvalue weighted by molar-refractivity contribution is 5.82. The maximum absolute atomic E-state index is 13.3. The summed E-state index contributed by atoms with van der Waals surface area (Å²) >= 11 is 0. The van der Waals surface area contributed by atoms with Crippen molar-refractivity contribution >= 4 is 23.0 Å². The minimum absolute atomic E-state index is 0.0217. The van der Waals surface area contributed by atoms with Crippen LogP contribution in [0.5, 0.6) is 0 Å². The zero-order valence-electron chi connectivity index (χ0n) is 14.0. The highest BCUT2D eigenvalue weighted by Gasteiger charge is 2.39. The lowest BCUT2D eigenvalue weighted by Gasteiger charge is -2.37. The molecule has 3 heterocycles. The molecule has 4 rings (SSSR count). The number of hydrogen-bond donors (Lipinski definition) is 0. The summed E-state index contributed by atoms with van der Waals surface area (Å²) in [6.45, 7) is 1.01. The van der Waals surface area contributed by atoms with Crippen molar-refractivity contribution in [2.75, 3.05) is 37.7 Å². The van der Waals surface area contributed by atoms with Gasteiger partial charge in [0.25, 0.3) is 17.8 Å². The SMILES string of the molecule is O=C(C1CN(c2nc3ccc(F)cc3o2)CCO1)N1CCC(F)(F)CC1. The van der Waals surface area contributed by atoms with Crippen molar-refractivity contribution in [1.82, 2.24) is 9.88 Å². The molecule has 1 aromatic carbocycles. The van der Waals surface area contributed by atoms with Gasteiger partial charge in [0.1, 0.15) is 11.3 Å². The molecule has 2 aromatic rings. The number of halogens is 3. The summed E-state index contributed by atoms with van der Waals surface area (Å²) in [5, 5.41) is 0. The van der Waals surface area contributed by atoms with Gasteiger partial charge in [-0.25, -0.2) is 13.2 Å². The Morgan fingerprint density at radius 2 is 2.00 bits per heavy atom. The molecule has 2 fully saturated rings. The zero-order chi connectivity index (χ0) is 18.3. The standard InChI is InChI=1S/C17H18F3N3O3/c18-11-1-2-12-13(9-11)26-16(21-12)23-7-8-25-14(10-23)15(24)22-5-3-17(19,20)4-6-22/h1-2,9,14H,3-8,10H2. The van der Waals surface area contributed by atoms with Crippen LogP contribution in [0, 0.1) is 5.82 Å². The molecule has 0 saturated carbocycles. The van der Waals surface area contributed by atoms with Crippen LogP contribution in [-0.2, 0) is 9.53 Å². The number of aromatic nitrogens is 1. The van der Waals surface area contributed by atoms with Gasteiger partial charge in [-0.1, -0.05) is 0 Å². The third-order valence-corrected chi connectivity index (χ3v) is 4.76. The second-order valence-electron chi connectivity index (χ2n) is 6.60. The minimum atomic E-state index is -2.70. The molecule has 0 aliphatic carbocycles. The normalized spacial score (nSPS) is 23.4. The van der Waals surface area contributed by atoms with Gasteiger partial charge in [0, 0.05) is 38.5 Å². The average Bonchev–Trinajstić information content (AvgIpc) is 3.04. The molecule has 140 valence electrons. The van der Waals surface area contributed by atoms with Gasteiger partial charge in [-0.3, -0.25) is 4.79 Å². The summed E-state index contributed by atoms with van der Waals surface area (Å²) in [4.78, 5) is 20.1. The Kier molecular flexibility index (Phi) is 4.26. The smallest absolute Gasteiger partial charge is 0.298 e. The first-order valence-corrected chi connectivity index (χ1v) is 8.51. The lowest BCUT2D eigenvalue weighted by atomic mass is 10.1. The summed E-state index contributed by atoms with van der Waals surface area (Å²) < 4.78 is 51.0. The quantitative estimate of drug-likeness (QED) is 0.814. The van der Waals surface area contributed by atoms with Crippen LogP contribution in [0.15, 0.2) is 22.6 Å². The molecule has 9 heteroatoms. The number of likely N-dealkylation sites (tertiary alicyclic amines) is 1. The van der Waals surface area contributed by atoms with E-state index in [2.05, 4.69) is 4.98 Å². The van der Waals surface area contributed by atoms with Crippen LogP contribution >= 0.6 is 0 Å². The Morgan fingerprint density at radius 1 is 1.23 bits per heavy atom. The fourth-order valence-electron chi connectivity index (χ4n) is 3.25. The predicted octanol–water partition coefficient (Wildman–Crippen LogP) is 2.43. The highest BCUT2D eigenvalue weighted by atomic mass is 19.3. The number of amides is 1. The van der Waals surface area contributed by atoms with Gasteiger partial charge < -0.3 is 19.0 Å². The molecule has 0 spiro atoms. The fraction of sp³-hybridized carbons (Fsp3) is 0.529. The van der Waals surface area contributed by atoms with Crippen LogP contribution < -0.4 is 4.90 Å². The molecule has 2 aliphatic heterocycles. The van der Waals surface area contributed by atoms with E-state index < -0.39 is 17.8 Å². The molecule has 1 unspecified atom stereocenters. The minimum Gasteiger partial charge on any atom is -0.423 e. The molecule has 6 nitrogen and oxygen atoms in total.